The number of nitrogens with zero attached hydrogens (tertiary/aromatic N) is 1. The molecule has 116 valence electrons. The Balaban J connectivity index is 1.91. The van der Waals surface area contributed by atoms with Gasteiger partial charge in [0.2, 0.25) is 0 Å². The Morgan fingerprint density at radius 2 is 2.05 bits per heavy atom. The molecule has 1 aromatic rings. The molecule has 1 aliphatic heterocycles. The zero-order chi connectivity index (χ0) is 15.5. The summed E-state index contributed by atoms with van der Waals surface area (Å²) in [6, 6.07) is 7.74. The van der Waals surface area contributed by atoms with Gasteiger partial charge in [0.15, 0.2) is 0 Å². The zero-order valence-corrected chi connectivity index (χ0v) is 13.0. The average Bonchev–Trinajstić information content (AvgIpc) is 2.40. The molecule has 5 heteroatoms. The van der Waals surface area contributed by atoms with E-state index in [1.807, 2.05) is 45.0 Å². The molecule has 1 aromatic carbocycles. The summed E-state index contributed by atoms with van der Waals surface area (Å²) in [4.78, 5) is 13.8. The van der Waals surface area contributed by atoms with E-state index >= 15 is 0 Å². The molecule has 1 fully saturated rings. The van der Waals surface area contributed by atoms with Crippen LogP contribution in [-0.2, 0) is 15.9 Å². The molecule has 5 nitrogen and oxygen atoms in total. The fourth-order valence-electron chi connectivity index (χ4n) is 2.25. The number of hydrogen-bond donors (Lipinski definition) is 1. The molecule has 2 N–H and O–H groups in total. The molecule has 0 saturated carbocycles. The van der Waals surface area contributed by atoms with Crippen molar-refractivity contribution in [2.75, 3.05) is 25.4 Å². The van der Waals surface area contributed by atoms with Crippen LogP contribution in [0.5, 0.6) is 0 Å². The monoisotopic (exact) mass is 292 g/mol. The summed E-state index contributed by atoms with van der Waals surface area (Å²) >= 11 is 0. The maximum Gasteiger partial charge on any atom is 0.410 e. The number of morpholine rings is 1. The first-order chi connectivity index (χ1) is 9.83. The second kappa shape index (κ2) is 6.35. The van der Waals surface area contributed by atoms with E-state index in [-0.39, 0.29) is 12.2 Å². The SMILES string of the molecule is CC(C)(C)OC(=O)N1CCO[C@@H](Cc2ccc(N)cc2)C1. The quantitative estimate of drug-likeness (QED) is 0.850. The summed E-state index contributed by atoms with van der Waals surface area (Å²) in [6.07, 6.45) is 0.488. The van der Waals surface area contributed by atoms with E-state index in [2.05, 4.69) is 0 Å². The van der Waals surface area contributed by atoms with Crippen molar-refractivity contribution in [1.82, 2.24) is 4.90 Å². The highest BCUT2D eigenvalue weighted by molar-refractivity contribution is 5.68. The largest absolute Gasteiger partial charge is 0.444 e. The molecule has 0 bridgehead atoms. The molecule has 1 saturated heterocycles. The normalized spacial score (nSPS) is 19.4. The van der Waals surface area contributed by atoms with E-state index in [1.54, 1.807) is 4.90 Å². The molecule has 0 aromatic heterocycles. The molecule has 0 radical (unpaired) electrons. The standard InChI is InChI=1S/C16H24N2O3/c1-16(2,3)21-15(19)18-8-9-20-14(11-18)10-12-4-6-13(17)7-5-12/h4-7,14H,8-11,17H2,1-3H3/t14-/m0/s1. The molecule has 21 heavy (non-hydrogen) atoms. The maximum absolute atomic E-state index is 12.1. The summed E-state index contributed by atoms with van der Waals surface area (Å²) < 4.78 is 11.1. The molecule has 1 atom stereocenters. The Morgan fingerprint density at radius 1 is 1.38 bits per heavy atom. The van der Waals surface area contributed by atoms with Crippen LogP contribution in [0.25, 0.3) is 0 Å². The van der Waals surface area contributed by atoms with Crippen molar-refractivity contribution in [3.05, 3.63) is 29.8 Å². The van der Waals surface area contributed by atoms with E-state index in [4.69, 9.17) is 15.2 Å². The number of benzene rings is 1. The van der Waals surface area contributed by atoms with Crippen LogP contribution in [0.2, 0.25) is 0 Å². The van der Waals surface area contributed by atoms with Gasteiger partial charge < -0.3 is 20.1 Å². The van der Waals surface area contributed by atoms with Gasteiger partial charge in [-0.2, -0.15) is 0 Å². The number of anilines is 1. The first kappa shape index (κ1) is 15.6. The molecule has 0 aliphatic carbocycles. The van der Waals surface area contributed by atoms with E-state index in [0.717, 1.165) is 17.7 Å². The van der Waals surface area contributed by atoms with Crippen LogP contribution in [0.3, 0.4) is 0 Å². The van der Waals surface area contributed by atoms with E-state index in [9.17, 15) is 4.79 Å². The molecule has 1 amide bonds. The minimum absolute atomic E-state index is 0.00473. The Morgan fingerprint density at radius 3 is 2.67 bits per heavy atom. The molecule has 1 heterocycles. The van der Waals surface area contributed by atoms with Crippen molar-refractivity contribution in [2.45, 2.75) is 38.9 Å². The van der Waals surface area contributed by atoms with Crippen LogP contribution in [0, 0.1) is 0 Å². The van der Waals surface area contributed by atoms with Crippen LogP contribution < -0.4 is 5.73 Å². The Bertz CT molecular complexity index is 479. The van der Waals surface area contributed by atoms with Gasteiger partial charge in [-0.3, -0.25) is 0 Å². The summed E-state index contributed by atoms with van der Waals surface area (Å²) in [5, 5.41) is 0. The summed E-state index contributed by atoms with van der Waals surface area (Å²) in [7, 11) is 0. The number of carbonyl (C=O) groups excluding carboxylic acids is 1. The number of carbonyl (C=O) groups is 1. The number of ether oxygens (including phenoxy) is 2. The van der Waals surface area contributed by atoms with Crippen molar-refractivity contribution in [1.29, 1.82) is 0 Å². The summed E-state index contributed by atoms with van der Waals surface area (Å²) in [6.45, 7) is 7.29. The average molecular weight is 292 g/mol. The number of amides is 1. The second-order valence-electron chi connectivity index (χ2n) is 6.36. The van der Waals surface area contributed by atoms with Crippen molar-refractivity contribution < 1.29 is 14.3 Å². The van der Waals surface area contributed by atoms with E-state index in [0.29, 0.717) is 19.7 Å². The number of nitrogens with two attached hydrogens (primary N) is 1. The molecular weight excluding hydrogens is 268 g/mol. The lowest BCUT2D eigenvalue weighted by Gasteiger charge is -2.34. The van der Waals surface area contributed by atoms with Gasteiger partial charge in [-0.1, -0.05) is 12.1 Å². The topological polar surface area (TPSA) is 64.8 Å². The van der Waals surface area contributed by atoms with Crippen LogP contribution in [0.1, 0.15) is 26.3 Å². The Hall–Kier alpha value is -1.75. The first-order valence-corrected chi connectivity index (χ1v) is 7.27. The minimum Gasteiger partial charge on any atom is -0.444 e. The lowest BCUT2D eigenvalue weighted by atomic mass is 10.1. The van der Waals surface area contributed by atoms with E-state index < -0.39 is 5.60 Å². The van der Waals surface area contributed by atoms with Crippen LogP contribution in [-0.4, -0.2) is 42.4 Å². The van der Waals surface area contributed by atoms with Gasteiger partial charge in [-0.15, -0.1) is 0 Å². The van der Waals surface area contributed by atoms with Gasteiger partial charge in [-0.25, -0.2) is 4.79 Å². The Kier molecular flexibility index (Phi) is 4.73. The van der Waals surface area contributed by atoms with Gasteiger partial charge in [0.1, 0.15) is 5.60 Å². The van der Waals surface area contributed by atoms with Crippen molar-refractivity contribution >= 4 is 11.8 Å². The lowest BCUT2D eigenvalue weighted by molar-refractivity contribution is -0.0415. The predicted octanol–water partition coefficient (Wildman–Crippen LogP) is 2.45. The molecular formula is C16H24N2O3. The smallest absolute Gasteiger partial charge is 0.410 e. The molecule has 1 aliphatic rings. The van der Waals surface area contributed by atoms with Crippen molar-refractivity contribution in [3.8, 4) is 0 Å². The lowest BCUT2D eigenvalue weighted by Crippen LogP contribution is -2.48. The molecule has 0 unspecified atom stereocenters. The highest BCUT2D eigenvalue weighted by Crippen LogP contribution is 2.16. The third-order valence-electron chi connectivity index (χ3n) is 3.23. The van der Waals surface area contributed by atoms with Crippen molar-refractivity contribution in [2.24, 2.45) is 0 Å². The van der Waals surface area contributed by atoms with Crippen LogP contribution in [0.15, 0.2) is 24.3 Å². The number of hydrogen-bond acceptors (Lipinski definition) is 4. The van der Waals surface area contributed by atoms with E-state index in [1.165, 1.54) is 0 Å². The van der Waals surface area contributed by atoms with Crippen LogP contribution in [0.4, 0.5) is 10.5 Å². The van der Waals surface area contributed by atoms with Gasteiger partial charge in [0.25, 0.3) is 0 Å². The third kappa shape index (κ3) is 4.93. The zero-order valence-electron chi connectivity index (χ0n) is 13.0. The fourth-order valence-corrected chi connectivity index (χ4v) is 2.25. The Labute approximate surface area is 126 Å². The highest BCUT2D eigenvalue weighted by Gasteiger charge is 2.28. The maximum atomic E-state index is 12.1. The highest BCUT2D eigenvalue weighted by atomic mass is 16.6. The second-order valence-corrected chi connectivity index (χ2v) is 6.36. The third-order valence-corrected chi connectivity index (χ3v) is 3.23. The summed E-state index contributed by atoms with van der Waals surface area (Å²) in [5.74, 6) is 0. The summed E-state index contributed by atoms with van der Waals surface area (Å²) in [5.41, 5.74) is 7.11. The van der Waals surface area contributed by atoms with Crippen LogP contribution >= 0.6 is 0 Å². The molecule has 0 spiro atoms. The number of nitrogen functional groups attached to an aromatic ring is 1. The van der Waals surface area contributed by atoms with Gasteiger partial charge in [0, 0.05) is 18.7 Å². The van der Waals surface area contributed by atoms with Crippen molar-refractivity contribution in [3.63, 3.8) is 0 Å². The number of rotatable bonds is 2. The van der Waals surface area contributed by atoms with Gasteiger partial charge >= 0.3 is 6.09 Å². The fraction of sp³-hybridized carbons (Fsp3) is 0.562. The minimum atomic E-state index is -0.470. The van der Waals surface area contributed by atoms with Gasteiger partial charge in [0.05, 0.1) is 19.3 Å². The molecule has 2 rings (SSSR count). The first-order valence-electron chi connectivity index (χ1n) is 7.27. The predicted molar refractivity (Wildman–Crippen MR) is 82.1 cm³/mol. The van der Waals surface area contributed by atoms with Gasteiger partial charge in [-0.05, 0) is 38.5 Å².